The minimum Gasteiger partial charge on any atom is -0.505 e. The van der Waals surface area contributed by atoms with Crippen molar-refractivity contribution in [3.05, 3.63) is 72.0 Å². The van der Waals surface area contributed by atoms with E-state index in [0.717, 1.165) is 0 Å². The highest BCUT2D eigenvalue weighted by Crippen LogP contribution is 2.43. The topological polar surface area (TPSA) is 85.2 Å². The molecule has 1 heterocycles. The fraction of sp³-hybridized carbons (Fsp3) is 0.150. The fourth-order valence-electron chi connectivity index (χ4n) is 2.72. The molecule has 134 valence electrons. The first-order valence-corrected chi connectivity index (χ1v) is 7.87. The number of para-hydroxylation sites is 1. The Morgan fingerprint density at radius 2 is 2.00 bits per heavy atom. The van der Waals surface area contributed by atoms with E-state index in [1.807, 2.05) is 0 Å². The highest BCUT2D eigenvalue weighted by molar-refractivity contribution is 5.81. The molecule has 6 heteroatoms. The molecule has 0 bridgehead atoms. The maximum atomic E-state index is 11.6. The first kappa shape index (κ1) is 17.6. The number of carbonyl (C=O) groups is 1. The minimum atomic E-state index is -2.19. The van der Waals surface area contributed by atoms with Gasteiger partial charge in [0.25, 0.3) is 0 Å². The predicted molar refractivity (Wildman–Crippen MR) is 95.3 cm³/mol. The van der Waals surface area contributed by atoms with Gasteiger partial charge in [-0.25, -0.2) is 0 Å². The monoisotopic (exact) mass is 354 g/mol. The van der Waals surface area contributed by atoms with Crippen LogP contribution in [0.15, 0.2) is 60.9 Å². The summed E-state index contributed by atoms with van der Waals surface area (Å²) < 4.78 is 16.6. The van der Waals surface area contributed by atoms with Crippen molar-refractivity contribution >= 4 is 12.0 Å². The Labute approximate surface area is 150 Å². The number of rotatable bonds is 6. The highest BCUT2D eigenvalue weighted by Gasteiger charge is 2.43. The van der Waals surface area contributed by atoms with Gasteiger partial charge in [0.05, 0.1) is 7.11 Å². The summed E-state index contributed by atoms with van der Waals surface area (Å²) in [4.78, 5) is 11.6. The Kier molecular flexibility index (Phi) is 4.69. The summed E-state index contributed by atoms with van der Waals surface area (Å²) in [5.74, 6) is 0.537. The molecule has 0 fully saturated rings. The van der Waals surface area contributed by atoms with Gasteiger partial charge in [-0.05, 0) is 24.3 Å². The number of hydrogen-bond donors (Lipinski definition) is 2. The molecule has 1 unspecified atom stereocenters. The highest BCUT2D eigenvalue weighted by atomic mass is 16.5. The van der Waals surface area contributed by atoms with Crippen LogP contribution in [0.5, 0.6) is 17.2 Å². The van der Waals surface area contributed by atoms with Crippen molar-refractivity contribution in [1.29, 1.82) is 0 Å². The third-order valence-corrected chi connectivity index (χ3v) is 4.04. The lowest BCUT2D eigenvalue weighted by Crippen LogP contribution is -2.35. The molecule has 1 aliphatic heterocycles. The smallest absolute Gasteiger partial charge is 0.210 e. The quantitative estimate of drug-likeness (QED) is 0.613. The zero-order valence-corrected chi connectivity index (χ0v) is 14.1. The number of fused-ring (bicyclic) bond motifs is 1. The van der Waals surface area contributed by atoms with Gasteiger partial charge in [0.1, 0.15) is 12.4 Å². The van der Waals surface area contributed by atoms with Gasteiger partial charge in [-0.15, -0.1) is 0 Å². The van der Waals surface area contributed by atoms with E-state index in [2.05, 4.69) is 6.58 Å². The van der Waals surface area contributed by atoms with Crippen LogP contribution in [0.1, 0.15) is 11.1 Å². The maximum absolute atomic E-state index is 11.6. The molecular formula is C20H18O6. The van der Waals surface area contributed by atoms with Crippen molar-refractivity contribution in [3.63, 3.8) is 0 Å². The molecule has 2 N–H and O–H groups in total. The van der Waals surface area contributed by atoms with Gasteiger partial charge in [0.15, 0.2) is 29.3 Å². The van der Waals surface area contributed by atoms with E-state index in [-0.39, 0.29) is 30.0 Å². The number of hydrogen-bond acceptors (Lipinski definition) is 6. The third-order valence-electron chi connectivity index (χ3n) is 4.04. The number of ether oxygens (including phenoxy) is 3. The summed E-state index contributed by atoms with van der Waals surface area (Å²) in [7, 11) is 1.50. The number of carbonyl (C=O) groups excluding carboxylic acids is 1. The molecule has 2 aromatic rings. The van der Waals surface area contributed by atoms with Gasteiger partial charge in [0.2, 0.25) is 5.60 Å². The van der Waals surface area contributed by atoms with Crippen LogP contribution in [-0.2, 0) is 10.4 Å². The predicted octanol–water partition coefficient (Wildman–Crippen LogP) is 2.97. The minimum absolute atomic E-state index is 0.0376. The van der Waals surface area contributed by atoms with E-state index in [1.165, 1.54) is 13.2 Å². The van der Waals surface area contributed by atoms with Crippen molar-refractivity contribution in [1.82, 2.24) is 0 Å². The molecule has 1 aliphatic rings. The lowest BCUT2D eigenvalue weighted by molar-refractivity contribution is -0.124. The van der Waals surface area contributed by atoms with Crippen LogP contribution in [0.25, 0.3) is 5.76 Å². The van der Waals surface area contributed by atoms with Crippen LogP contribution < -0.4 is 14.2 Å². The van der Waals surface area contributed by atoms with Crippen molar-refractivity contribution in [2.75, 3.05) is 13.7 Å². The van der Waals surface area contributed by atoms with Crippen LogP contribution in [0.2, 0.25) is 0 Å². The molecule has 0 saturated heterocycles. The summed E-state index contributed by atoms with van der Waals surface area (Å²) in [5, 5.41) is 21.3. The van der Waals surface area contributed by atoms with Crippen molar-refractivity contribution in [3.8, 4) is 17.2 Å². The lowest BCUT2D eigenvalue weighted by atomic mass is 9.88. The molecule has 2 aromatic carbocycles. The fourth-order valence-corrected chi connectivity index (χ4v) is 2.72. The standard InChI is InChI=1S/C20H18O6/c1-3-10-25-17-11-13(8-9-16(17)24-2)18-19(22)20(23,12-21)14-6-4-5-7-15(14)26-18/h3-9,11-12,22-23H,1,10H2,2H3. The number of aliphatic hydroxyl groups excluding tert-OH is 1. The van der Waals surface area contributed by atoms with Gasteiger partial charge in [-0.2, -0.15) is 0 Å². The Balaban J connectivity index is 2.13. The molecule has 0 aromatic heterocycles. The van der Waals surface area contributed by atoms with E-state index in [4.69, 9.17) is 14.2 Å². The maximum Gasteiger partial charge on any atom is 0.210 e. The molecule has 0 amide bonds. The van der Waals surface area contributed by atoms with Gasteiger partial charge in [0, 0.05) is 11.1 Å². The summed E-state index contributed by atoms with van der Waals surface area (Å²) in [5.41, 5.74) is -1.60. The van der Waals surface area contributed by atoms with Crippen LogP contribution in [-0.4, -0.2) is 30.2 Å². The third kappa shape index (κ3) is 2.80. The van der Waals surface area contributed by atoms with E-state index < -0.39 is 11.4 Å². The summed E-state index contributed by atoms with van der Waals surface area (Å²) in [6, 6.07) is 11.3. The molecule has 0 spiro atoms. The summed E-state index contributed by atoms with van der Waals surface area (Å²) in [6.45, 7) is 3.86. The van der Waals surface area contributed by atoms with Crippen LogP contribution in [0, 0.1) is 0 Å². The van der Waals surface area contributed by atoms with Gasteiger partial charge >= 0.3 is 0 Å². The Morgan fingerprint density at radius 1 is 1.23 bits per heavy atom. The lowest BCUT2D eigenvalue weighted by Gasteiger charge is -2.30. The number of aldehydes is 1. The Morgan fingerprint density at radius 3 is 2.69 bits per heavy atom. The van der Waals surface area contributed by atoms with E-state index in [9.17, 15) is 15.0 Å². The second-order valence-corrected chi connectivity index (χ2v) is 5.63. The molecule has 26 heavy (non-hydrogen) atoms. The summed E-state index contributed by atoms with van der Waals surface area (Å²) in [6.07, 6.45) is 1.86. The number of aliphatic hydroxyl groups is 2. The van der Waals surface area contributed by atoms with Crippen LogP contribution in [0.4, 0.5) is 0 Å². The van der Waals surface area contributed by atoms with Crippen molar-refractivity contribution in [2.24, 2.45) is 0 Å². The van der Waals surface area contributed by atoms with Crippen molar-refractivity contribution in [2.45, 2.75) is 5.60 Å². The largest absolute Gasteiger partial charge is 0.505 e. The Bertz CT molecular complexity index is 886. The first-order valence-electron chi connectivity index (χ1n) is 7.87. The van der Waals surface area contributed by atoms with E-state index >= 15 is 0 Å². The zero-order chi connectivity index (χ0) is 18.7. The second kappa shape index (κ2) is 6.93. The number of benzene rings is 2. The van der Waals surface area contributed by atoms with Gasteiger partial charge in [-0.1, -0.05) is 30.9 Å². The molecule has 6 nitrogen and oxygen atoms in total. The number of methoxy groups -OCH3 is 1. The zero-order valence-electron chi connectivity index (χ0n) is 14.1. The van der Waals surface area contributed by atoms with Crippen LogP contribution >= 0.6 is 0 Å². The second-order valence-electron chi connectivity index (χ2n) is 5.63. The Hall–Kier alpha value is -3.25. The average Bonchev–Trinajstić information content (AvgIpc) is 2.68. The van der Waals surface area contributed by atoms with E-state index in [1.54, 1.807) is 42.5 Å². The summed E-state index contributed by atoms with van der Waals surface area (Å²) >= 11 is 0. The molecule has 1 atom stereocenters. The molecule has 0 aliphatic carbocycles. The first-order chi connectivity index (χ1) is 12.5. The molecule has 0 saturated carbocycles. The van der Waals surface area contributed by atoms with Gasteiger partial charge in [-0.3, -0.25) is 4.79 Å². The molecule has 0 radical (unpaired) electrons. The normalized spacial score (nSPS) is 18.5. The van der Waals surface area contributed by atoms with Crippen molar-refractivity contribution < 1.29 is 29.2 Å². The average molecular weight is 354 g/mol. The SMILES string of the molecule is C=CCOc1cc(C2=C(O)C(O)(C=O)c3ccccc3O2)ccc1OC. The van der Waals surface area contributed by atoms with E-state index in [0.29, 0.717) is 17.1 Å². The molecular weight excluding hydrogens is 336 g/mol. The van der Waals surface area contributed by atoms with Gasteiger partial charge < -0.3 is 24.4 Å². The molecule has 3 rings (SSSR count). The van der Waals surface area contributed by atoms with Crippen LogP contribution in [0.3, 0.4) is 0 Å².